The average molecular weight is 444 g/mol. The van der Waals surface area contributed by atoms with Gasteiger partial charge in [-0.15, -0.1) is 0 Å². The Labute approximate surface area is 192 Å². The number of carbonyl (C=O) groups excluding carboxylic acids is 2. The molecule has 6 nitrogen and oxygen atoms in total. The summed E-state index contributed by atoms with van der Waals surface area (Å²) < 4.78 is 21.7. The summed E-state index contributed by atoms with van der Waals surface area (Å²) in [5, 5.41) is 0. The molecule has 0 saturated heterocycles. The van der Waals surface area contributed by atoms with Gasteiger partial charge in [0.1, 0.15) is 29.6 Å². The Balaban J connectivity index is 1.50. The van der Waals surface area contributed by atoms with Crippen LogP contribution in [0.3, 0.4) is 0 Å². The van der Waals surface area contributed by atoms with Gasteiger partial charge in [-0.1, -0.05) is 25.3 Å². The van der Waals surface area contributed by atoms with Crippen LogP contribution in [-0.2, 0) is 20.9 Å². The van der Waals surface area contributed by atoms with Crippen molar-refractivity contribution in [2.75, 3.05) is 0 Å². The van der Waals surface area contributed by atoms with Gasteiger partial charge in [0.2, 0.25) is 0 Å². The lowest BCUT2D eigenvalue weighted by atomic mass is 10.2. The van der Waals surface area contributed by atoms with Crippen LogP contribution in [0.15, 0.2) is 95.6 Å². The van der Waals surface area contributed by atoms with Gasteiger partial charge >= 0.3 is 11.9 Å². The predicted octanol–water partition coefficient (Wildman–Crippen LogP) is 6.10. The fraction of sp³-hybridized carbons (Fsp3) is 0.111. The number of hydrogen-bond donors (Lipinski definition) is 0. The van der Waals surface area contributed by atoms with Crippen LogP contribution in [0.2, 0.25) is 0 Å². The molecule has 6 heteroatoms. The summed E-state index contributed by atoms with van der Waals surface area (Å²) in [6.07, 6.45) is 3.36. The van der Waals surface area contributed by atoms with Crippen LogP contribution < -0.4 is 9.47 Å². The minimum atomic E-state index is -0.463. The van der Waals surface area contributed by atoms with Crippen LogP contribution in [0.5, 0.6) is 11.5 Å². The Morgan fingerprint density at radius 3 is 1.91 bits per heavy atom. The Morgan fingerprint density at radius 2 is 1.36 bits per heavy atom. The van der Waals surface area contributed by atoms with Crippen molar-refractivity contribution in [2.24, 2.45) is 0 Å². The second kappa shape index (κ2) is 10.8. The first-order valence-electron chi connectivity index (χ1n) is 10.1. The predicted molar refractivity (Wildman–Crippen MR) is 125 cm³/mol. The van der Waals surface area contributed by atoms with E-state index in [-0.39, 0.29) is 6.61 Å². The van der Waals surface area contributed by atoms with E-state index in [0.717, 1.165) is 11.1 Å². The third kappa shape index (κ3) is 6.83. The topological polar surface area (TPSA) is 75.0 Å². The molecule has 2 aromatic carbocycles. The molecule has 3 rings (SSSR count). The summed E-state index contributed by atoms with van der Waals surface area (Å²) in [6, 6.07) is 17.7. The second-order valence-electron chi connectivity index (χ2n) is 7.31. The van der Waals surface area contributed by atoms with Gasteiger partial charge in [0.25, 0.3) is 0 Å². The third-order valence-corrected chi connectivity index (χ3v) is 4.38. The van der Waals surface area contributed by atoms with Crippen LogP contribution in [0.1, 0.15) is 25.2 Å². The highest BCUT2D eigenvalue weighted by Crippen LogP contribution is 2.25. The molecule has 0 aliphatic carbocycles. The Morgan fingerprint density at radius 1 is 0.818 bits per heavy atom. The first-order chi connectivity index (χ1) is 15.8. The van der Waals surface area contributed by atoms with Crippen molar-refractivity contribution in [1.29, 1.82) is 0 Å². The molecule has 168 valence electrons. The largest absolute Gasteiger partial charge is 0.493 e. The van der Waals surface area contributed by atoms with Crippen LogP contribution in [0, 0.1) is 0 Å². The van der Waals surface area contributed by atoms with Crippen LogP contribution >= 0.6 is 0 Å². The summed E-state index contributed by atoms with van der Waals surface area (Å²) in [4.78, 5) is 23.1. The van der Waals surface area contributed by atoms with E-state index >= 15 is 0 Å². The molecule has 0 bridgehead atoms. The molecular weight excluding hydrogens is 420 g/mol. The Kier molecular flexibility index (Phi) is 7.65. The Hall–Kier alpha value is -4.32. The molecular formula is C27H24O6. The van der Waals surface area contributed by atoms with Gasteiger partial charge in [0, 0.05) is 16.7 Å². The molecule has 0 saturated carbocycles. The zero-order valence-corrected chi connectivity index (χ0v) is 18.5. The van der Waals surface area contributed by atoms with Gasteiger partial charge in [-0.2, -0.15) is 0 Å². The second-order valence-corrected chi connectivity index (χ2v) is 7.31. The standard InChI is InChI=1S/C27H24O6/c1-18(2)26(28)32-22-9-5-20(6-10-22)15-16-30-17-24-13-14-25(31-24)21-7-11-23(12-8-21)33-27(29)19(3)4/h5-16H,1,3,17H2,2,4H3/b16-15+. The summed E-state index contributed by atoms with van der Waals surface area (Å²) in [5.41, 5.74) is 2.41. The molecule has 0 amide bonds. The fourth-order valence-corrected chi connectivity index (χ4v) is 2.59. The summed E-state index contributed by atoms with van der Waals surface area (Å²) in [6.45, 7) is 10.6. The normalized spacial score (nSPS) is 10.6. The zero-order valence-electron chi connectivity index (χ0n) is 18.5. The number of hydrogen-bond acceptors (Lipinski definition) is 6. The number of carbonyl (C=O) groups is 2. The van der Waals surface area contributed by atoms with Crippen LogP contribution in [0.4, 0.5) is 0 Å². The maximum absolute atomic E-state index is 11.6. The highest BCUT2D eigenvalue weighted by molar-refractivity contribution is 5.89. The van der Waals surface area contributed by atoms with Crippen molar-refractivity contribution in [3.63, 3.8) is 0 Å². The van der Waals surface area contributed by atoms with Gasteiger partial charge < -0.3 is 18.6 Å². The number of esters is 2. The molecule has 33 heavy (non-hydrogen) atoms. The smallest absolute Gasteiger partial charge is 0.338 e. The van der Waals surface area contributed by atoms with Crippen molar-refractivity contribution in [3.8, 4) is 22.8 Å². The van der Waals surface area contributed by atoms with Crippen molar-refractivity contribution >= 4 is 18.0 Å². The van der Waals surface area contributed by atoms with E-state index in [2.05, 4.69) is 13.2 Å². The Bertz CT molecular complexity index is 1180. The number of benzene rings is 2. The summed E-state index contributed by atoms with van der Waals surface area (Å²) in [5.74, 6) is 1.31. The van der Waals surface area contributed by atoms with E-state index in [1.54, 1.807) is 50.5 Å². The van der Waals surface area contributed by atoms with Crippen LogP contribution in [-0.4, -0.2) is 11.9 Å². The van der Waals surface area contributed by atoms with E-state index in [0.29, 0.717) is 34.2 Å². The number of rotatable bonds is 9. The quantitative estimate of drug-likeness (QED) is 0.172. The number of furan rings is 1. The van der Waals surface area contributed by atoms with E-state index in [1.807, 2.05) is 36.4 Å². The molecule has 1 heterocycles. The molecule has 0 N–H and O–H groups in total. The maximum atomic E-state index is 11.6. The van der Waals surface area contributed by atoms with Crippen molar-refractivity contribution in [3.05, 3.63) is 103 Å². The lowest BCUT2D eigenvalue weighted by Crippen LogP contribution is -2.07. The van der Waals surface area contributed by atoms with E-state index in [1.165, 1.54) is 0 Å². The highest BCUT2D eigenvalue weighted by Gasteiger charge is 2.08. The first kappa shape index (κ1) is 23.3. The molecule has 0 fully saturated rings. The van der Waals surface area contributed by atoms with Crippen molar-refractivity contribution < 1.29 is 28.2 Å². The lowest BCUT2D eigenvalue weighted by Gasteiger charge is -2.04. The number of ether oxygens (including phenoxy) is 3. The van der Waals surface area contributed by atoms with E-state index < -0.39 is 11.9 Å². The molecule has 0 spiro atoms. The van der Waals surface area contributed by atoms with E-state index in [9.17, 15) is 9.59 Å². The summed E-state index contributed by atoms with van der Waals surface area (Å²) >= 11 is 0. The first-order valence-corrected chi connectivity index (χ1v) is 10.1. The monoisotopic (exact) mass is 444 g/mol. The SMILES string of the molecule is C=C(C)C(=O)Oc1ccc(/C=C/OCc2ccc(-c3ccc(OC(=O)C(=C)C)cc3)o2)cc1. The average Bonchev–Trinajstić information content (AvgIpc) is 3.27. The molecule has 0 aliphatic rings. The molecule has 0 radical (unpaired) electrons. The summed E-state index contributed by atoms with van der Waals surface area (Å²) in [7, 11) is 0. The van der Waals surface area contributed by atoms with E-state index in [4.69, 9.17) is 18.6 Å². The molecule has 0 atom stereocenters. The van der Waals surface area contributed by atoms with Gasteiger partial charge in [-0.3, -0.25) is 0 Å². The molecule has 0 unspecified atom stereocenters. The maximum Gasteiger partial charge on any atom is 0.338 e. The van der Waals surface area contributed by atoms with Gasteiger partial charge in [0.15, 0.2) is 0 Å². The molecule has 1 aromatic heterocycles. The molecule has 3 aromatic rings. The highest BCUT2D eigenvalue weighted by atomic mass is 16.5. The van der Waals surface area contributed by atoms with Gasteiger partial charge in [-0.05, 0) is 74.0 Å². The lowest BCUT2D eigenvalue weighted by molar-refractivity contribution is -0.130. The van der Waals surface area contributed by atoms with Gasteiger partial charge in [-0.25, -0.2) is 9.59 Å². The zero-order chi connectivity index (χ0) is 23.8. The van der Waals surface area contributed by atoms with Crippen molar-refractivity contribution in [1.82, 2.24) is 0 Å². The minimum absolute atomic E-state index is 0.263. The van der Waals surface area contributed by atoms with Gasteiger partial charge in [0.05, 0.1) is 6.26 Å². The fourth-order valence-electron chi connectivity index (χ4n) is 2.59. The third-order valence-electron chi connectivity index (χ3n) is 4.38. The van der Waals surface area contributed by atoms with Crippen LogP contribution in [0.25, 0.3) is 17.4 Å². The minimum Gasteiger partial charge on any atom is -0.493 e. The molecule has 0 aliphatic heterocycles. The van der Waals surface area contributed by atoms with Crippen molar-refractivity contribution in [2.45, 2.75) is 20.5 Å².